The van der Waals surface area contributed by atoms with E-state index in [0.29, 0.717) is 13.1 Å². The lowest BCUT2D eigenvalue weighted by Crippen LogP contribution is -2.50. The summed E-state index contributed by atoms with van der Waals surface area (Å²) in [4.78, 5) is 18.4. The second-order valence-corrected chi connectivity index (χ2v) is 8.13. The van der Waals surface area contributed by atoms with Gasteiger partial charge in [0.05, 0.1) is 12.6 Å². The smallest absolute Gasteiger partial charge is 0.226 e. The molecule has 0 radical (unpaired) electrons. The standard InChI is InChI=1S/C24H31FN4O2.HI/c1-16(2)23(30)28-21-11-5-18(6-12-21)13-27-24(26-4)29-14-17(3)31-22(15-29)19-7-9-20(25)10-8-19;/h5-12,16-17,22H,13-15H2,1-4H3,(H,26,27)(H,28,30);1H. The van der Waals surface area contributed by atoms with Crippen LogP contribution in [-0.2, 0) is 16.1 Å². The van der Waals surface area contributed by atoms with Crippen LogP contribution in [0.3, 0.4) is 0 Å². The molecule has 2 N–H and O–H groups in total. The molecule has 3 rings (SSSR count). The second-order valence-electron chi connectivity index (χ2n) is 8.13. The molecule has 1 amide bonds. The molecule has 2 atom stereocenters. The van der Waals surface area contributed by atoms with Crippen molar-refractivity contribution in [3.8, 4) is 0 Å². The molecule has 0 bridgehead atoms. The predicted octanol–water partition coefficient (Wildman–Crippen LogP) is 4.58. The summed E-state index contributed by atoms with van der Waals surface area (Å²) >= 11 is 0. The highest BCUT2D eigenvalue weighted by atomic mass is 127. The number of morpholine rings is 1. The Morgan fingerprint density at radius 2 is 1.81 bits per heavy atom. The van der Waals surface area contributed by atoms with Gasteiger partial charge in [0.1, 0.15) is 11.9 Å². The Morgan fingerprint density at radius 3 is 2.41 bits per heavy atom. The van der Waals surface area contributed by atoms with E-state index >= 15 is 0 Å². The lowest BCUT2D eigenvalue weighted by molar-refractivity contribution is -0.118. The lowest BCUT2D eigenvalue weighted by atomic mass is 10.1. The molecule has 1 aliphatic rings. The molecule has 0 saturated carbocycles. The number of aliphatic imine (C=N–C) groups is 1. The Hall–Kier alpha value is -2.20. The number of anilines is 1. The summed E-state index contributed by atoms with van der Waals surface area (Å²) in [5.41, 5.74) is 2.82. The first-order valence-corrected chi connectivity index (χ1v) is 10.6. The first-order valence-electron chi connectivity index (χ1n) is 10.6. The van der Waals surface area contributed by atoms with E-state index in [1.165, 1.54) is 12.1 Å². The van der Waals surface area contributed by atoms with Gasteiger partial charge in [-0.25, -0.2) is 4.39 Å². The number of ether oxygens (including phenoxy) is 1. The molecule has 0 spiro atoms. The predicted molar refractivity (Wildman–Crippen MR) is 137 cm³/mol. The van der Waals surface area contributed by atoms with Crippen molar-refractivity contribution >= 4 is 41.5 Å². The van der Waals surface area contributed by atoms with Gasteiger partial charge in [-0.1, -0.05) is 38.1 Å². The van der Waals surface area contributed by atoms with E-state index in [1.54, 1.807) is 19.2 Å². The minimum absolute atomic E-state index is 0. The molecule has 2 aromatic rings. The zero-order valence-corrected chi connectivity index (χ0v) is 21.3. The van der Waals surface area contributed by atoms with Crippen molar-refractivity contribution in [3.63, 3.8) is 0 Å². The average molecular weight is 554 g/mol. The molecular weight excluding hydrogens is 522 g/mol. The van der Waals surface area contributed by atoms with Crippen molar-refractivity contribution in [2.45, 2.75) is 39.5 Å². The number of halogens is 2. The molecule has 8 heteroatoms. The molecule has 0 aromatic heterocycles. The van der Waals surface area contributed by atoms with Crippen LogP contribution in [0.1, 0.15) is 38.0 Å². The van der Waals surface area contributed by atoms with Gasteiger partial charge in [-0.3, -0.25) is 9.79 Å². The maximum Gasteiger partial charge on any atom is 0.226 e. The quantitative estimate of drug-likeness (QED) is 0.323. The Bertz CT molecular complexity index is 903. The van der Waals surface area contributed by atoms with E-state index in [1.807, 2.05) is 45.0 Å². The first kappa shape index (κ1) is 26.1. The van der Waals surface area contributed by atoms with Crippen LogP contribution in [0.2, 0.25) is 0 Å². The fourth-order valence-corrected chi connectivity index (χ4v) is 3.49. The molecule has 1 aliphatic heterocycles. The summed E-state index contributed by atoms with van der Waals surface area (Å²) in [5.74, 6) is 0.485. The third kappa shape index (κ3) is 7.16. The van der Waals surface area contributed by atoms with Crippen molar-refractivity contribution < 1.29 is 13.9 Å². The van der Waals surface area contributed by atoms with Crippen LogP contribution in [0.15, 0.2) is 53.5 Å². The van der Waals surface area contributed by atoms with Crippen LogP contribution in [0.25, 0.3) is 0 Å². The fraction of sp³-hybridized carbons (Fsp3) is 0.417. The number of guanidine groups is 1. The van der Waals surface area contributed by atoms with Gasteiger partial charge in [-0.15, -0.1) is 24.0 Å². The monoisotopic (exact) mass is 554 g/mol. The minimum atomic E-state index is -0.253. The van der Waals surface area contributed by atoms with Crippen LogP contribution >= 0.6 is 24.0 Å². The fourth-order valence-electron chi connectivity index (χ4n) is 3.49. The van der Waals surface area contributed by atoms with Gasteiger partial charge in [0.15, 0.2) is 5.96 Å². The molecular formula is C24H32FIN4O2. The van der Waals surface area contributed by atoms with Crippen LogP contribution in [0, 0.1) is 11.7 Å². The summed E-state index contributed by atoms with van der Waals surface area (Å²) in [7, 11) is 1.76. The molecule has 32 heavy (non-hydrogen) atoms. The van der Waals surface area contributed by atoms with Crippen molar-refractivity contribution in [2.75, 3.05) is 25.5 Å². The third-order valence-corrected chi connectivity index (χ3v) is 5.21. The van der Waals surface area contributed by atoms with Crippen molar-refractivity contribution in [1.29, 1.82) is 0 Å². The van der Waals surface area contributed by atoms with E-state index in [2.05, 4.69) is 20.5 Å². The summed E-state index contributed by atoms with van der Waals surface area (Å²) in [5, 5.41) is 6.30. The first-order chi connectivity index (χ1) is 14.9. The SMILES string of the molecule is CN=C(NCc1ccc(NC(=O)C(C)C)cc1)N1CC(C)OC(c2ccc(F)cc2)C1.I. The van der Waals surface area contributed by atoms with Crippen LogP contribution in [0.5, 0.6) is 0 Å². The summed E-state index contributed by atoms with van der Waals surface area (Å²) in [6.07, 6.45) is -0.127. The molecule has 2 aromatic carbocycles. The molecule has 1 heterocycles. The number of benzene rings is 2. The van der Waals surface area contributed by atoms with Gasteiger partial charge in [-0.05, 0) is 42.3 Å². The highest BCUT2D eigenvalue weighted by Crippen LogP contribution is 2.25. The van der Waals surface area contributed by atoms with Gasteiger partial charge in [0.25, 0.3) is 0 Å². The van der Waals surface area contributed by atoms with E-state index in [0.717, 1.165) is 29.3 Å². The average Bonchev–Trinajstić information content (AvgIpc) is 2.75. The van der Waals surface area contributed by atoms with E-state index in [4.69, 9.17) is 4.74 Å². The van der Waals surface area contributed by atoms with Gasteiger partial charge in [0, 0.05) is 31.7 Å². The Labute approximate surface area is 206 Å². The summed E-state index contributed by atoms with van der Waals surface area (Å²) in [6.45, 7) is 7.73. The number of hydrogen-bond acceptors (Lipinski definition) is 3. The topological polar surface area (TPSA) is 66.0 Å². The van der Waals surface area contributed by atoms with E-state index in [-0.39, 0.29) is 53.8 Å². The Morgan fingerprint density at radius 1 is 1.16 bits per heavy atom. The normalized spacial score (nSPS) is 18.8. The minimum Gasteiger partial charge on any atom is -0.367 e. The van der Waals surface area contributed by atoms with Gasteiger partial charge in [0.2, 0.25) is 5.91 Å². The lowest BCUT2D eigenvalue weighted by Gasteiger charge is -2.38. The zero-order chi connectivity index (χ0) is 22.4. The Balaban J connectivity index is 0.00000363. The van der Waals surface area contributed by atoms with Crippen LogP contribution in [-0.4, -0.2) is 43.0 Å². The number of rotatable bonds is 5. The molecule has 6 nitrogen and oxygen atoms in total. The van der Waals surface area contributed by atoms with Crippen molar-refractivity contribution in [2.24, 2.45) is 10.9 Å². The van der Waals surface area contributed by atoms with Crippen LogP contribution < -0.4 is 10.6 Å². The molecule has 174 valence electrons. The zero-order valence-electron chi connectivity index (χ0n) is 19.0. The van der Waals surface area contributed by atoms with E-state index in [9.17, 15) is 9.18 Å². The molecule has 1 fully saturated rings. The highest BCUT2D eigenvalue weighted by molar-refractivity contribution is 14.0. The van der Waals surface area contributed by atoms with Gasteiger partial charge < -0.3 is 20.3 Å². The van der Waals surface area contributed by atoms with Crippen molar-refractivity contribution in [3.05, 3.63) is 65.5 Å². The number of amides is 1. The summed E-state index contributed by atoms with van der Waals surface area (Å²) in [6, 6.07) is 14.2. The number of hydrogen-bond donors (Lipinski definition) is 2. The maximum atomic E-state index is 13.3. The number of carbonyl (C=O) groups is 1. The van der Waals surface area contributed by atoms with Crippen LogP contribution in [0.4, 0.5) is 10.1 Å². The molecule has 1 saturated heterocycles. The van der Waals surface area contributed by atoms with E-state index < -0.39 is 0 Å². The van der Waals surface area contributed by atoms with Gasteiger partial charge >= 0.3 is 0 Å². The number of nitrogens with one attached hydrogen (secondary N) is 2. The Kier molecular flexibility index (Phi) is 9.89. The molecule has 0 aliphatic carbocycles. The van der Waals surface area contributed by atoms with Crippen molar-refractivity contribution in [1.82, 2.24) is 10.2 Å². The summed E-state index contributed by atoms with van der Waals surface area (Å²) < 4.78 is 19.4. The largest absolute Gasteiger partial charge is 0.367 e. The number of carbonyl (C=O) groups excluding carboxylic acids is 1. The van der Waals surface area contributed by atoms with Gasteiger partial charge in [-0.2, -0.15) is 0 Å². The number of nitrogens with zero attached hydrogens (tertiary/aromatic N) is 2. The highest BCUT2D eigenvalue weighted by Gasteiger charge is 2.28. The maximum absolute atomic E-state index is 13.3. The third-order valence-electron chi connectivity index (χ3n) is 5.21. The molecule has 2 unspecified atom stereocenters. The second kappa shape index (κ2) is 12.2.